The molecule has 29 heavy (non-hydrogen) atoms. The summed E-state index contributed by atoms with van der Waals surface area (Å²) in [5, 5.41) is 2.79. The van der Waals surface area contributed by atoms with Gasteiger partial charge in [-0.15, -0.1) is 0 Å². The lowest BCUT2D eigenvalue weighted by Crippen LogP contribution is -2.33. The lowest BCUT2D eigenvalue weighted by atomic mass is 10.0. The Labute approximate surface area is 168 Å². The number of amides is 1. The Kier molecular flexibility index (Phi) is 6.87. The molecule has 8 heteroatoms. The van der Waals surface area contributed by atoms with Crippen LogP contribution in [0.4, 0.5) is 14.5 Å². The molecule has 1 saturated heterocycles. The summed E-state index contributed by atoms with van der Waals surface area (Å²) in [6.07, 6.45) is 1.91. The van der Waals surface area contributed by atoms with Gasteiger partial charge in [0.25, 0.3) is 0 Å². The van der Waals surface area contributed by atoms with E-state index >= 15 is 0 Å². The molecular weight excluding hydrogens is 382 g/mol. The van der Waals surface area contributed by atoms with Gasteiger partial charge in [0, 0.05) is 23.4 Å². The van der Waals surface area contributed by atoms with Crippen molar-refractivity contribution in [1.29, 1.82) is 0 Å². The molecule has 1 unspecified atom stereocenters. The van der Waals surface area contributed by atoms with Crippen molar-refractivity contribution in [2.24, 2.45) is 0 Å². The first-order valence-electron chi connectivity index (χ1n) is 9.31. The third kappa shape index (κ3) is 5.35. The zero-order valence-corrected chi connectivity index (χ0v) is 16.4. The molecule has 1 fully saturated rings. The zero-order valence-electron chi connectivity index (χ0n) is 16.4. The number of alkyl halides is 2. The topological polar surface area (TPSA) is 60.0 Å². The Hall–Kier alpha value is -2.87. The molecule has 1 aliphatic heterocycles. The number of hydrogen-bond donors (Lipinski definition) is 1. The summed E-state index contributed by atoms with van der Waals surface area (Å²) in [4.78, 5) is 14.6. The molecule has 1 atom stereocenters. The van der Waals surface area contributed by atoms with Crippen molar-refractivity contribution in [2.45, 2.75) is 25.5 Å². The van der Waals surface area contributed by atoms with Gasteiger partial charge in [0.15, 0.2) is 0 Å². The van der Waals surface area contributed by atoms with Crippen LogP contribution in [0, 0.1) is 0 Å². The minimum atomic E-state index is -2.88. The lowest BCUT2D eigenvalue weighted by molar-refractivity contribution is -0.117. The highest BCUT2D eigenvalue weighted by molar-refractivity contribution is 5.92. The number of rotatable bonds is 8. The number of carbonyl (C=O) groups excluding carboxylic acids is 1. The summed E-state index contributed by atoms with van der Waals surface area (Å²) in [6, 6.07) is 11.6. The van der Waals surface area contributed by atoms with E-state index in [1.165, 1.54) is 24.3 Å². The largest absolute Gasteiger partial charge is 0.497 e. The molecule has 0 spiro atoms. The smallest absolute Gasteiger partial charge is 0.387 e. The third-order valence-corrected chi connectivity index (χ3v) is 4.87. The quantitative estimate of drug-likeness (QED) is 0.716. The van der Waals surface area contributed by atoms with E-state index in [2.05, 4.69) is 15.0 Å². The fourth-order valence-corrected chi connectivity index (χ4v) is 3.57. The summed E-state index contributed by atoms with van der Waals surface area (Å²) in [5.74, 6) is 1.32. The molecule has 1 N–H and O–H groups in total. The van der Waals surface area contributed by atoms with Crippen LogP contribution >= 0.6 is 0 Å². The molecule has 0 saturated carbocycles. The number of nitrogens with one attached hydrogen (secondary N) is 1. The standard InChI is InChI=1S/C21H24F2N2O4/c1-27-16-9-10-17(19(12-16)28-2)18-4-3-11-25(18)13-20(26)24-14-5-7-15(8-6-14)29-21(22)23/h5-10,12,18,21H,3-4,11,13H2,1-2H3,(H,24,26). The summed E-state index contributed by atoms with van der Waals surface area (Å²) in [7, 11) is 3.22. The van der Waals surface area contributed by atoms with Crippen LogP contribution in [-0.2, 0) is 4.79 Å². The fraction of sp³-hybridized carbons (Fsp3) is 0.381. The minimum Gasteiger partial charge on any atom is -0.497 e. The summed E-state index contributed by atoms with van der Waals surface area (Å²) in [6.45, 7) is -1.86. The van der Waals surface area contributed by atoms with Gasteiger partial charge >= 0.3 is 6.61 Å². The van der Waals surface area contributed by atoms with E-state index in [1.807, 2.05) is 18.2 Å². The Balaban J connectivity index is 1.64. The molecule has 0 bridgehead atoms. The van der Waals surface area contributed by atoms with Crippen molar-refractivity contribution >= 4 is 11.6 Å². The second-order valence-electron chi connectivity index (χ2n) is 6.69. The first-order chi connectivity index (χ1) is 14.0. The van der Waals surface area contributed by atoms with Gasteiger partial charge in [0.2, 0.25) is 5.91 Å². The average molecular weight is 406 g/mol. The van der Waals surface area contributed by atoms with E-state index in [4.69, 9.17) is 9.47 Å². The molecule has 1 aliphatic rings. The van der Waals surface area contributed by atoms with E-state index in [0.717, 1.165) is 30.7 Å². The Bertz CT molecular complexity index is 830. The zero-order chi connectivity index (χ0) is 20.8. The summed E-state index contributed by atoms with van der Waals surface area (Å²) in [5.41, 5.74) is 1.54. The van der Waals surface area contributed by atoms with Gasteiger partial charge in [-0.25, -0.2) is 0 Å². The van der Waals surface area contributed by atoms with Crippen molar-refractivity contribution in [3.63, 3.8) is 0 Å². The number of ether oxygens (including phenoxy) is 3. The number of methoxy groups -OCH3 is 2. The summed E-state index contributed by atoms with van der Waals surface area (Å²) < 4.78 is 39.5. The SMILES string of the molecule is COc1ccc(C2CCCN2CC(=O)Nc2ccc(OC(F)F)cc2)c(OC)c1. The third-order valence-electron chi connectivity index (χ3n) is 4.87. The average Bonchev–Trinajstić information content (AvgIpc) is 3.16. The van der Waals surface area contributed by atoms with Crippen LogP contribution in [0.3, 0.4) is 0 Å². The predicted octanol–water partition coefficient (Wildman–Crippen LogP) is 4.08. The highest BCUT2D eigenvalue weighted by Gasteiger charge is 2.29. The van der Waals surface area contributed by atoms with Crippen molar-refractivity contribution < 1.29 is 27.8 Å². The Morgan fingerprint density at radius 2 is 1.86 bits per heavy atom. The first kappa shape index (κ1) is 20.9. The van der Waals surface area contributed by atoms with Crippen LogP contribution < -0.4 is 19.5 Å². The van der Waals surface area contributed by atoms with Gasteiger partial charge < -0.3 is 19.5 Å². The molecule has 1 amide bonds. The van der Waals surface area contributed by atoms with Crippen molar-refractivity contribution in [2.75, 3.05) is 32.6 Å². The molecule has 3 rings (SSSR count). The Morgan fingerprint density at radius 3 is 2.52 bits per heavy atom. The van der Waals surface area contributed by atoms with Crippen LogP contribution in [0.5, 0.6) is 17.2 Å². The van der Waals surface area contributed by atoms with E-state index in [9.17, 15) is 13.6 Å². The molecule has 0 aliphatic carbocycles. The number of carbonyl (C=O) groups is 1. The maximum Gasteiger partial charge on any atom is 0.387 e. The van der Waals surface area contributed by atoms with Gasteiger partial charge in [-0.1, -0.05) is 6.07 Å². The van der Waals surface area contributed by atoms with E-state index < -0.39 is 6.61 Å². The molecule has 0 radical (unpaired) electrons. The van der Waals surface area contributed by atoms with Crippen LogP contribution in [0.25, 0.3) is 0 Å². The monoisotopic (exact) mass is 406 g/mol. The normalized spacial score (nSPS) is 16.7. The lowest BCUT2D eigenvalue weighted by Gasteiger charge is -2.26. The van der Waals surface area contributed by atoms with Gasteiger partial charge in [0.1, 0.15) is 17.2 Å². The minimum absolute atomic E-state index is 0.0456. The predicted molar refractivity (Wildman–Crippen MR) is 105 cm³/mol. The highest BCUT2D eigenvalue weighted by atomic mass is 19.3. The molecule has 2 aromatic carbocycles. The van der Waals surface area contributed by atoms with Gasteiger partial charge in [-0.3, -0.25) is 9.69 Å². The Morgan fingerprint density at radius 1 is 1.14 bits per heavy atom. The van der Waals surface area contributed by atoms with Gasteiger partial charge in [0.05, 0.1) is 20.8 Å². The molecule has 0 aromatic heterocycles. The molecule has 156 valence electrons. The van der Waals surface area contributed by atoms with Gasteiger partial charge in [-0.05, 0) is 49.7 Å². The number of anilines is 1. The number of likely N-dealkylation sites (tertiary alicyclic amines) is 1. The number of benzene rings is 2. The van der Waals surface area contributed by atoms with Crippen molar-refractivity contribution in [3.8, 4) is 17.2 Å². The molecule has 6 nitrogen and oxygen atoms in total. The van der Waals surface area contributed by atoms with E-state index in [-0.39, 0.29) is 24.2 Å². The fourth-order valence-electron chi connectivity index (χ4n) is 3.57. The molecular formula is C21H24F2N2O4. The van der Waals surface area contributed by atoms with E-state index in [0.29, 0.717) is 11.4 Å². The van der Waals surface area contributed by atoms with Crippen LogP contribution in [0.2, 0.25) is 0 Å². The first-order valence-corrected chi connectivity index (χ1v) is 9.31. The molecule has 2 aromatic rings. The van der Waals surface area contributed by atoms with Crippen molar-refractivity contribution in [1.82, 2.24) is 4.90 Å². The van der Waals surface area contributed by atoms with Crippen LogP contribution in [0.1, 0.15) is 24.4 Å². The second-order valence-corrected chi connectivity index (χ2v) is 6.69. The van der Waals surface area contributed by atoms with E-state index in [1.54, 1.807) is 14.2 Å². The summed E-state index contributed by atoms with van der Waals surface area (Å²) >= 11 is 0. The number of hydrogen-bond acceptors (Lipinski definition) is 5. The van der Waals surface area contributed by atoms with Crippen molar-refractivity contribution in [3.05, 3.63) is 48.0 Å². The number of halogens is 2. The van der Waals surface area contributed by atoms with Gasteiger partial charge in [-0.2, -0.15) is 8.78 Å². The number of nitrogens with zero attached hydrogens (tertiary/aromatic N) is 1. The molecule has 1 heterocycles. The maximum absolute atomic E-state index is 12.5. The van der Waals surface area contributed by atoms with Crippen LogP contribution in [0.15, 0.2) is 42.5 Å². The second kappa shape index (κ2) is 9.56. The highest BCUT2D eigenvalue weighted by Crippen LogP contribution is 2.38. The maximum atomic E-state index is 12.5. The van der Waals surface area contributed by atoms with Crippen LogP contribution in [-0.4, -0.2) is 44.7 Å².